The van der Waals surface area contributed by atoms with Gasteiger partial charge in [-0.2, -0.15) is 5.48 Å². The number of nitrogens with one attached hydrogen (secondary N) is 1. The van der Waals surface area contributed by atoms with Gasteiger partial charge in [-0.25, -0.2) is 0 Å². The summed E-state index contributed by atoms with van der Waals surface area (Å²) in [7, 11) is 0. The van der Waals surface area contributed by atoms with Gasteiger partial charge in [0.2, 0.25) is 0 Å². The van der Waals surface area contributed by atoms with Crippen molar-refractivity contribution < 1.29 is 9.57 Å². The van der Waals surface area contributed by atoms with Crippen LogP contribution in [-0.2, 0) is 17.8 Å². The highest BCUT2D eigenvalue weighted by atomic mass is 35.5. The van der Waals surface area contributed by atoms with Crippen LogP contribution >= 0.6 is 11.6 Å². The lowest BCUT2D eigenvalue weighted by molar-refractivity contribution is -0.0246. The van der Waals surface area contributed by atoms with E-state index in [4.69, 9.17) is 21.2 Å². The van der Waals surface area contributed by atoms with E-state index < -0.39 is 0 Å². The summed E-state index contributed by atoms with van der Waals surface area (Å²) < 4.78 is 5.65. The quantitative estimate of drug-likeness (QED) is 0.850. The van der Waals surface area contributed by atoms with Crippen molar-refractivity contribution in [2.75, 3.05) is 6.61 Å². The minimum Gasteiger partial charge on any atom is -0.493 e. The molecule has 1 aromatic rings. The zero-order valence-electron chi connectivity index (χ0n) is 10.4. The van der Waals surface area contributed by atoms with Gasteiger partial charge in [0.05, 0.1) is 12.7 Å². The van der Waals surface area contributed by atoms with Gasteiger partial charge in [-0.3, -0.25) is 4.84 Å². The van der Waals surface area contributed by atoms with E-state index in [-0.39, 0.29) is 0 Å². The highest BCUT2D eigenvalue weighted by molar-refractivity contribution is 6.30. The van der Waals surface area contributed by atoms with Crippen LogP contribution in [0.1, 0.15) is 36.8 Å². The number of hydrogen-bond donors (Lipinski definition) is 1. The van der Waals surface area contributed by atoms with Gasteiger partial charge in [0.15, 0.2) is 0 Å². The molecular weight excluding hydrogens is 250 g/mol. The molecule has 0 saturated heterocycles. The lowest BCUT2D eigenvalue weighted by Crippen LogP contribution is -2.21. The van der Waals surface area contributed by atoms with Gasteiger partial charge in [-0.05, 0) is 30.5 Å². The van der Waals surface area contributed by atoms with Gasteiger partial charge < -0.3 is 4.74 Å². The van der Waals surface area contributed by atoms with Crippen molar-refractivity contribution in [3.8, 4) is 5.75 Å². The molecule has 1 heterocycles. The third-order valence-electron chi connectivity index (χ3n) is 3.64. The van der Waals surface area contributed by atoms with Gasteiger partial charge in [-0.1, -0.05) is 24.4 Å². The van der Waals surface area contributed by atoms with E-state index in [2.05, 4.69) is 5.48 Å². The molecule has 3 nitrogen and oxygen atoms in total. The molecule has 98 valence electrons. The van der Waals surface area contributed by atoms with E-state index in [9.17, 15) is 0 Å². The number of halogens is 1. The van der Waals surface area contributed by atoms with Crippen molar-refractivity contribution in [3.05, 3.63) is 28.3 Å². The molecule has 0 atom stereocenters. The third kappa shape index (κ3) is 2.63. The Morgan fingerprint density at radius 2 is 2.17 bits per heavy atom. The molecule has 1 aromatic carbocycles. The van der Waals surface area contributed by atoms with Crippen LogP contribution in [0, 0.1) is 0 Å². The molecule has 0 aromatic heterocycles. The van der Waals surface area contributed by atoms with Crippen LogP contribution in [0.4, 0.5) is 0 Å². The molecule has 1 saturated carbocycles. The van der Waals surface area contributed by atoms with Gasteiger partial charge in [0, 0.05) is 23.6 Å². The molecule has 0 spiro atoms. The SMILES string of the molecule is Clc1cc2c(c(CNOC3CCCC3)c1)OCC2. The van der Waals surface area contributed by atoms with Gasteiger partial charge in [0.1, 0.15) is 5.75 Å². The van der Waals surface area contributed by atoms with Crippen LogP contribution < -0.4 is 10.2 Å². The molecule has 1 aliphatic carbocycles. The van der Waals surface area contributed by atoms with E-state index in [1.54, 1.807) is 0 Å². The van der Waals surface area contributed by atoms with E-state index in [0.29, 0.717) is 12.6 Å². The van der Waals surface area contributed by atoms with Crippen molar-refractivity contribution in [2.45, 2.75) is 44.8 Å². The molecule has 0 unspecified atom stereocenters. The number of hydrogen-bond acceptors (Lipinski definition) is 3. The molecule has 0 radical (unpaired) electrons. The molecule has 0 bridgehead atoms. The summed E-state index contributed by atoms with van der Waals surface area (Å²) in [5.74, 6) is 0.988. The van der Waals surface area contributed by atoms with Crippen LogP contribution in [0.5, 0.6) is 5.75 Å². The van der Waals surface area contributed by atoms with E-state index in [1.165, 1.54) is 18.4 Å². The average molecular weight is 268 g/mol. The Balaban J connectivity index is 1.61. The molecule has 1 aliphatic heterocycles. The Labute approximate surface area is 112 Å². The zero-order valence-corrected chi connectivity index (χ0v) is 11.1. The summed E-state index contributed by atoms with van der Waals surface area (Å²) in [6, 6.07) is 3.95. The maximum absolute atomic E-state index is 6.11. The maximum atomic E-state index is 6.11. The summed E-state index contributed by atoms with van der Waals surface area (Å²) in [6.07, 6.45) is 6.21. The minimum absolute atomic E-state index is 0.373. The molecule has 2 aliphatic rings. The number of rotatable bonds is 4. The Hall–Kier alpha value is -0.770. The fourth-order valence-corrected chi connectivity index (χ4v) is 2.98. The summed E-state index contributed by atoms with van der Waals surface area (Å²) in [5, 5.41) is 0.775. The van der Waals surface area contributed by atoms with E-state index in [0.717, 1.165) is 42.2 Å². The minimum atomic E-state index is 0.373. The first-order valence-corrected chi connectivity index (χ1v) is 7.03. The molecule has 18 heavy (non-hydrogen) atoms. The largest absolute Gasteiger partial charge is 0.493 e. The third-order valence-corrected chi connectivity index (χ3v) is 3.86. The van der Waals surface area contributed by atoms with Crippen molar-refractivity contribution in [2.24, 2.45) is 0 Å². The Bertz CT molecular complexity index is 430. The first kappa shape index (κ1) is 12.3. The predicted octanol–water partition coefficient (Wildman–Crippen LogP) is 3.24. The molecule has 0 amide bonds. The molecule has 1 fully saturated rings. The van der Waals surface area contributed by atoms with Gasteiger partial charge >= 0.3 is 0 Å². The van der Waals surface area contributed by atoms with Crippen molar-refractivity contribution >= 4 is 11.6 Å². The number of fused-ring (bicyclic) bond motifs is 1. The first-order chi connectivity index (χ1) is 8.83. The molecule has 1 N–H and O–H groups in total. The van der Waals surface area contributed by atoms with Crippen molar-refractivity contribution in [3.63, 3.8) is 0 Å². The summed E-state index contributed by atoms with van der Waals surface area (Å²) in [6.45, 7) is 1.41. The highest BCUT2D eigenvalue weighted by Crippen LogP contribution is 2.32. The second kappa shape index (κ2) is 5.47. The first-order valence-electron chi connectivity index (χ1n) is 6.65. The number of benzene rings is 1. The maximum Gasteiger partial charge on any atom is 0.127 e. The van der Waals surface area contributed by atoms with Crippen LogP contribution in [0.25, 0.3) is 0 Å². The fourth-order valence-electron chi connectivity index (χ4n) is 2.72. The van der Waals surface area contributed by atoms with Crippen molar-refractivity contribution in [1.29, 1.82) is 0 Å². The number of ether oxygens (including phenoxy) is 1. The lowest BCUT2D eigenvalue weighted by Gasteiger charge is -2.13. The topological polar surface area (TPSA) is 30.5 Å². The van der Waals surface area contributed by atoms with Gasteiger partial charge in [0.25, 0.3) is 0 Å². The summed E-state index contributed by atoms with van der Waals surface area (Å²) in [4.78, 5) is 5.66. The second-order valence-corrected chi connectivity index (χ2v) is 5.43. The normalized spacial score (nSPS) is 18.9. The van der Waals surface area contributed by atoms with Crippen LogP contribution in [-0.4, -0.2) is 12.7 Å². The number of hydroxylamine groups is 1. The van der Waals surface area contributed by atoms with Crippen molar-refractivity contribution in [1.82, 2.24) is 5.48 Å². The van der Waals surface area contributed by atoms with Gasteiger partial charge in [-0.15, -0.1) is 0 Å². The standard InChI is InChI=1S/C14H18ClNO2/c15-12-7-10-5-6-17-14(10)11(8-12)9-16-18-13-3-1-2-4-13/h7-8,13,16H,1-6,9H2. The molecular formula is C14H18ClNO2. The van der Waals surface area contributed by atoms with Crippen LogP contribution in [0.3, 0.4) is 0 Å². The zero-order chi connectivity index (χ0) is 12.4. The smallest absolute Gasteiger partial charge is 0.127 e. The molecule has 4 heteroatoms. The fraction of sp³-hybridized carbons (Fsp3) is 0.571. The predicted molar refractivity (Wildman–Crippen MR) is 70.8 cm³/mol. The highest BCUT2D eigenvalue weighted by Gasteiger charge is 2.19. The van der Waals surface area contributed by atoms with Crippen LogP contribution in [0.2, 0.25) is 5.02 Å². The average Bonchev–Trinajstić information content (AvgIpc) is 2.98. The Morgan fingerprint density at radius 3 is 3.00 bits per heavy atom. The lowest BCUT2D eigenvalue weighted by atomic mass is 10.1. The molecule has 3 rings (SSSR count). The Morgan fingerprint density at radius 1 is 1.33 bits per heavy atom. The van der Waals surface area contributed by atoms with Crippen LogP contribution in [0.15, 0.2) is 12.1 Å². The second-order valence-electron chi connectivity index (χ2n) is 5.00. The Kier molecular flexibility index (Phi) is 3.73. The van der Waals surface area contributed by atoms with E-state index in [1.807, 2.05) is 12.1 Å². The monoisotopic (exact) mass is 267 g/mol. The summed E-state index contributed by atoms with van der Waals surface area (Å²) in [5.41, 5.74) is 5.36. The van der Waals surface area contributed by atoms with E-state index >= 15 is 0 Å². The summed E-state index contributed by atoms with van der Waals surface area (Å²) >= 11 is 6.11.